The van der Waals surface area contributed by atoms with Crippen LogP contribution in [0.15, 0.2) is 46.7 Å². The minimum absolute atomic E-state index is 0.143. The highest BCUT2D eigenvalue weighted by Crippen LogP contribution is 2.23. The van der Waals surface area contributed by atoms with Gasteiger partial charge in [-0.2, -0.15) is 38.9 Å². The molecule has 0 spiro atoms. The fourth-order valence-corrected chi connectivity index (χ4v) is 3.77. The molecule has 15 heteroatoms. The highest BCUT2D eigenvalue weighted by molar-refractivity contribution is 6.32. The average Bonchev–Trinajstić information content (AvgIpc) is 3.38. The summed E-state index contributed by atoms with van der Waals surface area (Å²) >= 11 is 6.09. The van der Waals surface area contributed by atoms with E-state index in [1.807, 2.05) is 19.9 Å². The van der Waals surface area contributed by atoms with Crippen LogP contribution >= 0.6 is 11.6 Å². The number of carbonyl (C=O) groups excluding carboxylic acids is 2. The molecule has 0 bridgehead atoms. The van der Waals surface area contributed by atoms with Crippen LogP contribution in [0.2, 0.25) is 5.02 Å². The standard InChI is InChI=1S/C17H18ClF3N6O.C11H13N3O/c1-3-4-8-23-26(24-12(2)17(19,20)21)10-13-9-14(11-28)27(25-13)16-15(18)6-5-7-22-16;1-7-4-8(6-12)5-9(10(7)13-2)11(15)14-3/h5-9,11H,3-4,10H2,1-2H3;4-5,13H,1-3H3,(H,14,15)/b23-8+,24-12+;. The van der Waals surface area contributed by atoms with Gasteiger partial charge in [0.15, 0.2) is 12.1 Å². The molecule has 0 aliphatic rings. The van der Waals surface area contributed by atoms with Gasteiger partial charge in [0.25, 0.3) is 5.91 Å². The van der Waals surface area contributed by atoms with E-state index in [0.29, 0.717) is 23.8 Å². The molecule has 43 heavy (non-hydrogen) atoms. The molecule has 2 heterocycles. The van der Waals surface area contributed by atoms with Gasteiger partial charge in [0.05, 0.1) is 27.9 Å². The van der Waals surface area contributed by atoms with Crippen LogP contribution in [0.25, 0.3) is 5.82 Å². The molecular formula is C28H31ClF3N9O2. The number of halogens is 4. The van der Waals surface area contributed by atoms with Crippen molar-refractivity contribution in [1.82, 2.24) is 25.2 Å². The summed E-state index contributed by atoms with van der Waals surface area (Å²) in [6.07, 6.45) is 0.287. The summed E-state index contributed by atoms with van der Waals surface area (Å²) in [7, 11) is 3.32. The molecule has 11 nitrogen and oxygen atoms in total. The van der Waals surface area contributed by atoms with Crippen molar-refractivity contribution < 1.29 is 22.8 Å². The van der Waals surface area contributed by atoms with Gasteiger partial charge in [0, 0.05) is 32.2 Å². The lowest BCUT2D eigenvalue weighted by molar-refractivity contribution is -0.0608. The Bertz CT molecular complexity index is 1530. The fraction of sp³-hybridized carbons (Fsp3) is 0.321. The number of nitrogens with zero attached hydrogens (tertiary/aromatic N) is 7. The number of carbonyl (C=O) groups is 2. The number of hydrogen-bond acceptors (Lipinski definition) is 9. The first kappa shape index (κ1) is 34.4. The first-order valence-corrected chi connectivity index (χ1v) is 13.3. The number of alkyl halides is 3. The Labute approximate surface area is 252 Å². The summed E-state index contributed by atoms with van der Waals surface area (Å²) in [6, 6.07) is 9.98. The van der Waals surface area contributed by atoms with Gasteiger partial charge in [0.2, 0.25) is 0 Å². The second-order valence-electron chi connectivity index (χ2n) is 8.86. The second-order valence-corrected chi connectivity index (χ2v) is 9.26. The zero-order valence-electron chi connectivity index (χ0n) is 24.2. The van der Waals surface area contributed by atoms with E-state index < -0.39 is 11.9 Å². The first-order valence-electron chi connectivity index (χ1n) is 12.9. The number of aromatic nitrogens is 3. The van der Waals surface area contributed by atoms with Crippen molar-refractivity contribution in [2.24, 2.45) is 10.2 Å². The summed E-state index contributed by atoms with van der Waals surface area (Å²) in [5, 5.41) is 27.2. The Kier molecular flexibility index (Phi) is 12.8. The largest absolute Gasteiger partial charge is 0.430 e. The number of amides is 1. The molecule has 3 aromatic rings. The lowest BCUT2D eigenvalue weighted by Crippen LogP contribution is -2.24. The first-order chi connectivity index (χ1) is 20.4. The molecule has 0 aliphatic heterocycles. The maximum absolute atomic E-state index is 12.8. The number of hydrogen-bond donors (Lipinski definition) is 2. The number of rotatable bonds is 10. The lowest BCUT2D eigenvalue weighted by atomic mass is 10.0. The molecule has 0 radical (unpaired) electrons. The van der Waals surface area contributed by atoms with Gasteiger partial charge in [0.1, 0.15) is 18.0 Å². The number of hydrazone groups is 2. The predicted molar refractivity (Wildman–Crippen MR) is 159 cm³/mol. The number of unbranched alkanes of at least 4 members (excludes halogenated alkanes) is 1. The lowest BCUT2D eigenvalue weighted by Gasteiger charge is -2.14. The van der Waals surface area contributed by atoms with E-state index in [-0.39, 0.29) is 34.7 Å². The van der Waals surface area contributed by atoms with Crippen LogP contribution < -0.4 is 10.6 Å². The third-order valence-corrected chi connectivity index (χ3v) is 5.94. The number of aldehydes is 1. The van der Waals surface area contributed by atoms with E-state index in [9.17, 15) is 22.8 Å². The topological polar surface area (TPSA) is 141 Å². The molecule has 0 saturated heterocycles. The van der Waals surface area contributed by atoms with Gasteiger partial charge < -0.3 is 10.6 Å². The summed E-state index contributed by atoms with van der Waals surface area (Å²) < 4.78 is 39.7. The molecule has 2 N–H and O–H groups in total. The zero-order chi connectivity index (χ0) is 32.2. The minimum atomic E-state index is -4.58. The smallest absolute Gasteiger partial charge is 0.387 e. The van der Waals surface area contributed by atoms with Crippen molar-refractivity contribution in [3.8, 4) is 11.9 Å². The van der Waals surface area contributed by atoms with Crippen molar-refractivity contribution in [1.29, 1.82) is 5.26 Å². The molecule has 0 aliphatic carbocycles. The Morgan fingerprint density at radius 1 is 1.28 bits per heavy atom. The molecule has 1 aromatic carbocycles. The molecule has 2 aromatic heterocycles. The van der Waals surface area contributed by atoms with Crippen molar-refractivity contribution in [2.75, 3.05) is 19.4 Å². The zero-order valence-corrected chi connectivity index (χ0v) is 25.0. The predicted octanol–water partition coefficient (Wildman–Crippen LogP) is 5.53. The van der Waals surface area contributed by atoms with E-state index in [2.05, 4.69) is 30.9 Å². The maximum atomic E-state index is 12.8. The number of pyridine rings is 1. The van der Waals surface area contributed by atoms with E-state index in [1.165, 1.54) is 23.2 Å². The SMILES string of the molecule is CCC/C=N/N(Cc1cc(C=O)n(-c2ncccc2Cl)n1)/N=C(\C)C(F)(F)F.CNC(=O)c1cc(C#N)cc(C)c1NC. The van der Waals surface area contributed by atoms with E-state index in [1.54, 1.807) is 38.4 Å². The molecule has 1 amide bonds. The molecule has 228 valence electrons. The van der Waals surface area contributed by atoms with Crippen molar-refractivity contribution in [2.45, 2.75) is 46.3 Å². The Hall–Kier alpha value is -4.77. The highest BCUT2D eigenvalue weighted by Gasteiger charge is 2.33. The van der Waals surface area contributed by atoms with Gasteiger partial charge in [-0.05, 0) is 56.2 Å². The quantitative estimate of drug-likeness (QED) is 0.173. The highest BCUT2D eigenvalue weighted by atomic mass is 35.5. The summed E-state index contributed by atoms with van der Waals surface area (Å²) in [4.78, 5) is 27.0. The van der Waals surface area contributed by atoms with Gasteiger partial charge >= 0.3 is 6.18 Å². The van der Waals surface area contributed by atoms with Gasteiger partial charge in [-0.3, -0.25) is 9.59 Å². The van der Waals surface area contributed by atoms with Crippen LogP contribution in [0.4, 0.5) is 18.9 Å². The fourth-order valence-electron chi connectivity index (χ4n) is 3.57. The monoisotopic (exact) mass is 617 g/mol. The minimum Gasteiger partial charge on any atom is -0.387 e. The van der Waals surface area contributed by atoms with E-state index in [4.69, 9.17) is 16.9 Å². The van der Waals surface area contributed by atoms with Crippen molar-refractivity contribution in [3.05, 3.63) is 69.6 Å². The van der Waals surface area contributed by atoms with E-state index >= 15 is 0 Å². The number of nitrogens with one attached hydrogen (secondary N) is 2. The molecule has 3 rings (SSSR count). The van der Waals surface area contributed by atoms with Crippen LogP contribution in [0.1, 0.15) is 64.4 Å². The normalized spacial score (nSPS) is 11.4. The number of nitriles is 1. The molecule has 0 saturated carbocycles. The van der Waals surface area contributed by atoms with Crippen LogP contribution in [0.3, 0.4) is 0 Å². The molecule has 0 atom stereocenters. The van der Waals surface area contributed by atoms with Gasteiger partial charge in [-0.1, -0.05) is 24.9 Å². The molecular weight excluding hydrogens is 587 g/mol. The Morgan fingerprint density at radius 2 is 2.00 bits per heavy atom. The van der Waals surface area contributed by atoms with Gasteiger partial charge in [-0.15, -0.1) is 0 Å². The van der Waals surface area contributed by atoms with Crippen LogP contribution in [-0.4, -0.2) is 64.3 Å². The number of aryl methyl sites for hydroxylation is 1. The van der Waals surface area contributed by atoms with E-state index in [0.717, 1.165) is 29.7 Å². The van der Waals surface area contributed by atoms with Crippen molar-refractivity contribution >= 4 is 41.4 Å². The summed E-state index contributed by atoms with van der Waals surface area (Å²) in [6.45, 7) is 4.45. The number of benzene rings is 1. The third-order valence-electron chi connectivity index (χ3n) is 5.65. The molecule has 0 fully saturated rings. The summed E-state index contributed by atoms with van der Waals surface area (Å²) in [5.74, 6) is 0.0353. The Morgan fingerprint density at radius 3 is 2.56 bits per heavy atom. The van der Waals surface area contributed by atoms with Crippen molar-refractivity contribution in [3.63, 3.8) is 0 Å². The van der Waals surface area contributed by atoms with Crippen LogP contribution in [0, 0.1) is 18.3 Å². The second kappa shape index (κ2) is 16.0. The van der Waals surface area contributed by atoms with Gasteiger partial charge in [-0.25, -0.2) is 9.67 Å². The molecule has 0 unspecified atom stereocenters. The van der Waals surface area contributed by atoms with Crippen LogP contribution in [-0.2, 0) is 6.54 Å². The Balaban J connectivity index is 0.000000362. The maximum Gasteiger partial charge on any atom is 0.430 e. The average molecular weight is 618 g/mol. The third kappa shape index (κ3) is 9.64. The number of anilines is 1. The summed E-state index contributed by atoms with van der Waals surface area (Å²) in [5.41, 5.74) is 2.00. The van der Waals surface area contributed by atoms with Crippen LogP contribution in [0.5, 0.6) is 0 Å².